The first-order chi connectivity index (χ1) is 14.1. The molecule has 0 saturated heterocycles. The molecule has 0 aliphatic heterocycles. The van der Waals surface area contributed by atoms with Crippen LogP contribution in [0.25, 0.3) is 5.69 Å². The van der Waals surface area contributed by atoms with E-state index in [0.717, 1.165) is 17.1 Å². The number of anilines is 4. The molecule has 6 nitrogen and oxygen atoms in total. The molecule has 29 heavy (non-hydrogen) atoms. The average molecular weight is 389 g/mol. The van der Waals surface area contributed by atoms with Gasteiger partial charge in [0.05, 0.1) is 24.8 Å². The second kappa shape index (κ2) is 8.02. The van der Waals surface area contributed by atoms with Gasteiger partial charge in [-0.3, -0.25) is 0 Å². The van der Waals surface area contributed by atoms with Crippen LogP contribution < -0.4 is 15.4 Å². The van der Waals surface area contributed by atoms with Crippen LogP contribution in [0.2, 0.25) is 0 Å². The van der Waals surface area contributed by atoms with Crippen LogP contribution >= 0.6 is 0 Å². The highest BCUT2D eigenvalue weighted by Gasteiger charge is 2.08. The Labute approximate surface area is 168 Å². The van der Waals surface area contributed by atoms with Gasteiger partial charge in [-0.05, 0) is 49.4 Å². The SMILES string of the molecule is COc1cc(Nc2cccc(Nc3cccc(F)c3)n2)ccc1-n1cnc(C)c1. The summed E-state index contributed by atoms with van der Waals surface area (Å²) in [5.74, 6) is 1.67. The fraction of sp³-hybridized carbons (Fsp3) is 0.0909. The van der Waals surface area contributed by atoms with Crippen molar-refractivity contribution >= 4 is 23.0 Å². The van der Waals surface area contributed by atoms with Crippen LogP contribution in [0.5, 0.6) is 5.75 Å². The van der Waals surface area contributed by atoms with Crippen LogP contribution in [-0.4, -0.2) is 21.6 Å². The molecule has 0 radical (unpaired) electrons. The minimum Gasteiger partial charge on any atom is -0.494 e. The number of benzene rings is 2. The second-order valence-corrected chi connectivity index (χ2v) is 6.48. The maximum atomic E-state index is 13.4. The van der Waals surface area contributed by atoms with Crippen LogP contribution in [-0.2, 0) is 0 Å². The zero-order valence-corrected chi connectivity index (χ0v) is 16.1. The number of methoxy groups -OCH3 is 1. The molecule has 0 amide bonds. The number of ether oxygens (including phenoxy) is 1. The first-order valence-electron chi connectivity index (χ1n) is 9.06. The van der Waals surface area contributed by atoms with E-state index in [1.807, 2.05) is 54.1 Å². The minimum atomic E-state index is -0.301. The number of nitrogens with one attached hydrogen (secondary N) is 2. The van der Waals surface area contributed by atoms with Gasteiger partial charge in [-0.1, -0.05) is 12.1 Å². The third kappa shape index (κ3) is 4.35. The first kappa shape index (κ1) is 18.5. The van der Waals surface area contributed by atoms with Crippen molar-refractivity contribution in [2.24, 2.45) is 0 Å². The summed E-state index contributed by atoms with van der Waals surface area (Å²) >= 11 is 0. The summed E-state index contributed by atoms with van der Waals surface area (Å²) in [7, 11) is 1.63. The van der Waals surface area contributed by atoms with E-state index in [0.29, 0.717) is 23.1 Å². The highest BCUT2D eigenvalue weighted by atomic mass is 19.1. The Bertz CT molecular complexity index is 1140. The number of hydrogen-bond acceptors (Lipinski definition) is 5. The van der Waals surface area contributed by atoms with Gasteiger partial charge in [-0.2, -0.15) is 0 Å². The zero-order valence-electron chi connectivity index (χ0n) is 16.1. The van der Waals surface area contributed by atoms with E-state index < -0.39 is 0 Å². The molecule has 0 aliphatic carbocycles. The summed E-state index contributed by atoms with van der Waals surface area (Å²) in [6.07, 6.45) is 3.69. The Hall–Kier alpha value is -3.87. The largest absolute Gasteiger partial charge is 0.494 e. The van der Waals surface area contributed by atoms with E-state index in [1.165, 1.54) is 12.1 Å². The van der Waals surface area contributed by atoms with Crippen molar-refractivity contribution in [3.8, 4) is 11.4 Å². The van der Waals surface area contributed by atoms with Crippen molar-refractivity contribution in [2.75, 3.05) is 17.7 Å². The highest BCUT2D eigenvalue weighted by Crippen LogP contribution is 2.28. The molecule has 2 aromatic carbocycles. The number of imidazole rings is 1. The van der Waals surface area contributed by atoms with E-state index in [9.17, 15) is 4.39 Å². The summed E-state index contributed by atoms with van der Waals surface area (Å²) in [6, 6.07) is 17.6. The third-order valence-electron chi connectivity index (χ3n) is 4.29. The molecular weight excluding hydrogens is 369 g/mol. The van der Waals surface area contributed by atoms with Gasteiger partial charge in [-0.25, -0.2) is 14.4 Å². The molecule has 4 aromatic rings. The Kier molecular flexibility index (Phi) is 5.11. The molecule has 7 heteroatoms. The number of halogens is 1. The molecule has 4 rings (SSSR count). The van der Waals surface area contributed by atoms with E-state index >= 15 is 0 Å². The predicted octanol–water partition coefficient (Wildman–Crippen LogP) is 5.21. The van der Waals surface area contributed by atoms with Crippen molar-refractivity contribution in [3.05, 3.63) is 84.7 Å². The lowest BCUT2D eigenvalue weighted by atomic mass is 10.2. The van der Waals surface area contributed by atoms with Gasteiger partial charge in [0.2, 0.25) is 0 Å². The van der Waals surface area contributed by atoms with Crippen molar-refractivity contribution in [1.82, 2.24) is 14.5 Å². The third-order valence-corrected chi connectivity index (χ3v) is 4.29. The van der Waals surface area contributed by atoms with E-state index in [4.69, 9.17) is 4.74 Å². The van der Waals surface area contributed by atoms with Crippen molar-refractivity contribution in [3.63, 3.8) is 0 Å². The Balaban J connectivity index is 1.54. The maximum Gasteiger partial charge on any atom is 0.144 e. The summed E-state index contributed by atoms with van der Waals surface area (Å²) in [6.45, 7) is 1.94. The lowest BCUT2D eigenvalue weighted by Crippen LogP contribution is -2.00. The fourth-order valence-corrected chi connectivity index (χ4v) is 2.96. The molecule has 0 fully saturated rings. The number of aryl methyl sites for hydroxylation is 1. The molecule has 146 valence electrons. The van der Waals surface area contributed by atoms with Crippen LogP contribution in [0.1, 0.15) is 5.69 Å². The number of pyridine rings is 1. The van der Waals surface area contributed by atoms with Crippen LogP contribution in [0.15, 0.2) is 73.2 Å². The number of rotatable bonds is 6. The van der Waals surface area contributed by atoms with E-state index in [1.54, 1.807) is 25.6 Å². The van der Waals surface area contributed by atoms with Crippen molar-refractivity contribution < 1.29 is 9.13 Å². The molecule has 0 unspecified atom stereocenters. The fourth-order valence-electron chi connectivity index (χ4n) is 2.96. The summed E-state index contributed by atoms with van der Waals surface area (Å²) in [5, 5.41) is 6.37. The van der Waals surface area contributed by atoms with E-state index in [-0.39, 0.29) is 5.82 Å². The van der Waals surface area contributed by atoms with Gasteiger partial charge in [-0.15, -0.1) is 0 Å². The Morgan fingerprint density at radius 3 is 2.31 bits per heavy atom. The number of aromatic nitrogens is 3. The zero-order chi connectivity index (χ0) is 20.2. The molecule has 0 bridgehead atoms. The topological polar surface area (TPSA) is 64.0 Å². The molecule has 0 atom stereocenters. The quantitative estimate of drug-likeness (QED) is 0.474. The van der Waals surface area contributed by atoms with Gasteiger partial charge in [0.15, 0.2) is 0 Å². The molecule has 2 aromatic heterocycles. The molecule has 0 spiro atoms. The standard InChI is InChI=1S/C22H20FN5O/c1-15-13-28(14-24-15)19-10-9-18(12-20(19)29-2)26-22-8-4-7-21(27-22)25-17-6-3-5-16(23)11-17/h3-14H,1-2H3,(H2,25,26,27). The summed E-state index contributed by atoms with van der Waals surface area (Å²) in [5.41, 5.74) is 3.29. The number of nitrogens with zero attached hydrogens (tertiary/aromatic N) is 3. The predicted molar refractivity (Wildman–Crippen MR) is 112 cm³/mol. The molecule has 0 saturated carbocycles. The van der Waals surface area contributed by atoms with Gasteiger partial charge >= 0.3 is 0 Å². The summed E-state index contributed by atoms with van der Waals surface area (Å²) in [4.78, 5) is 8.79. The van der Waals surface area contributed by atoms with E-state index in [2.05, 4.69) is 20.6 Å². The van der Waals surface area contributed by atoms with Gasteiger partial charge in [0.1, 0.15) is 23.2 Å². The first-order valence-corrected chi connectivity index (χ1v) is 9.06. The monoisotopic (exact) mass is 389 g/mol. The summed E-state index contributed by atoms with van der Waals surface area (Å²) < 4.78 is 20.8. The average Bonchev–Trinajstić information content (AvgIpc) is 3.14. The molecule has 0 aliphatic rings. The van der Waals surface area contributed by atoms with Gasteiger partial charge in [0.25, 0.3) is 0 Å². The van der Waals surface area contributed by atoms with Gasteiger partial charge < -0.3 is 19.9 Å². The lowest BCUT2D eigenvalue weighted by Gasteiger charge is -2.13. The highest BCUT2D eigenvalue weighted by molar-refractivity contribution is 5.65. The lowest BCUT2D eigenvalue weighted by molar-refractivity contribution is 0.413. The maximum absolute atomic E-state index is 13.4. The molecular formula is C22H20FN5O. The Morgan fingerprint density at radius 2 is 1.66 bits per heavy atom. The minimum absolute atomic E-state index is 0.301. The normalized spacial score (nSPS) is 10.6. The molecule has 2 N–H and O–H groups in total. The van der Waals surface area contributed by atoms with Crippen molar-refractivity contribution in [2.45, 2.75) is 6.92 Å². The van der Waals surface area contributed by atoms with Crippen LogP contribution in [0, 0.1) is 12.7 Å². The van der Waals surface area contributed by atoms with Crippen LogP contribution in [0.4, 0.5) is 27.4 Å². The smallest absolute Gasteiger partial charge is 0.144 e. The number of hydrogen-bond donors (Lipinski definition) is 2. The second-order valence-electron chi connectivity index (χ2n) is 6.48. The molecule has 2 heterocycles. The van der Waals surface area contributed by atoms with Crippen molar-refractivity contribution in [1.29, 1.82) is 0 Å². The Morgan fingerprint density at radius 1 is 0.931 bits per heavy atom. The van der Waals surface area contributed by atoms with Crippen LogP contribution in [0.3, 0.4) is 0 Å². The van der Waals surface area contributed by atoms with Gasteiger partial charge in [0, 0.05) is 23.6 Å².